The molecule has 4 N–H and O–H groups in total. The summed E-state index contributed by atoms with van der Waals surface area (Å²) in [4.78, 5) is 23.1. The van der Waals surface area contributed by atoms with Gasteiger partial charge in [-0.25, -0.2) is 0 Å². The maximum Gasteiger partial charge on any atom is 0.240 e. The van der Waals surface area contributed by atoms with Gasteiger partial charge in [0.15, 0.2) is 0 Å². The van der Waals surface area contributed by atoms with Crippen LogP contribution in [0.1, 0.15) is 19.8 Å². The van der Waals surface area contributed by atoms with Gasteiger partial charge in [-0.05, 0) is 18.6 Å². The zero-order valence-corrected chi connectivity index (χ0v) is 11.8. The normalized spacial score (nSPS) is 11.5. The Bertz CT molecular complexity index is 463. The van der Waals surface area contributed by atoms with Crippen LogP contribution in [-0.2, 0) is 9.59 Å². The average Bonchev–Trinajstić information content (AvgIpc) is 2.44. The molecule has 0 spiro atoms. The van der Waals surface area contributed by atoms with E-state index >= 15 is 0 Å². The second-order valence-corrected chi connectivity index (χ2v) is 4.39. The van der Waals surface area contributed by atoms with Crippen molar-refractivity contribution in [1.82, 2.24) is 5.32 Å². The lowest BCUT2D eigenvalue weighted by atomic mass is 10.1. The molecular weight excluding hydrogens is 258 g/mol. The standard InChI is InChI=1S/C14H21N3O3/c1-3-7-16-13(18)9-12(14(15)19)17-10-5-4-6-11(8-10)20-2/h4-6,8,12,17H,3,7,9H2,1-2H3,(H2,15,19)(H,16,18). The summed E-state index contributed by atoms with van der Waals surface area (Å²) >= 11 is 0. The van der Waals surface area contributed by atoms with Crippen LogP contribution < -0.4 is 21.1 Å². The first-order chi connectivity index (χ1) is 9.56. The fourth-order valence-corrected chi connectivity index (χ4v) is 1.66. The van der Waals surface area contributed by atoms with E-state index in [-0.39, 0.29) is 12.3 Å². The molecule has 0 heterocycles. The topological polar surface area (TPSA) is 93.4 Å². The molecule has 0 aliphatic carbocycles. The first-order valence-electron chi connectivity index (χ1n) is 6.53. The molecule has 1 rings (SSSR count). The van der Waals surface area contributed by atoms with Crippen LogP contribution >= 0.6 is 0 Å². The second kappa shape index (κ2) is 8.04. The lowest BCUT2D eigenvalue weighted by Crippen LogP contribution is -2.40. The molecule has 110 valence electrons. The van der Waals surface area contributed by atoms with Crippen molar-refractivity contribution in [2.45, 2.75) is 25.8 Å². The van der Waals surface area contributed by atoms with E-state index in [1.165, 1.54) is 0 Å². The van der Waals surface area contributed by atoms with Crippen LogP contribution in [0.3, 0.4) is 0 Å². The number of hydrogen-bond acceptors (Lipinski definition) is 4. The summed E-state index contributed by atoms with van der Waals surface area (Å²) in [6, 6.07) is 6.34. The Morgan fingerprint density at radius 2 is 2.15 bits per heavy atom. The molecule has 1 aromatic rings. The van der Waals surface area contributed by atoms with Gasteiger partial charge in [0.1, 0.15) is 11.8 Å². The molecule has 20 heavy (non-hydrogen) atoms. The predicted molar refractivity (Wildman–Crippen MR) is 77.5 cm³/mol. The van der Waals surface area contributed by atoms with Gasteiger partial charge in [0.2, 0.25) is 11.8 Å². The lowest BCUT2D eigenvalue weighted by molar-refractivity contribution is -0.125. The third kappa shape index (κ3) is 5.17. The molecule has 0 aliphatic heterocycles. The highest BCUT2D eigenvalue weighted by atomic mass is 16.5. The van der Waals surface area contributed by atoms with Crippen molar-refractivity contribution in [2.24, 2.45) is 5.73 Å². The maximum absolute atomic E-state index is 11.6. The Kier molecular flexibility index (Phi) is 6.36. The molecule has 0 bridgehead atoms. The minimum atomic E-state index is -0.751. The van der Waals surface area contributed by atoms with Crippen molar-refractivity contribution in [3.63, 3.8) is 0 Å². The number of benzene rings is 1. The number of primary amides is 1. The monoisotopic (exact) mass is 279 g/mol. The highest BCUT2D eigenvalue weighted by Gasteiger charge is 2.19. The molecule has 0 radical (unpaired) electrons. The highest BCUT2D eigenvalue weighted by Crippen LogP contribution is 2.18. The fourth-order valence-electron chi connectivity index (χ4n) is 1.66. The van der Waals surface area contributed by atoms with E-state index in [1.807, 2.05) is 6.92 Å². The summed E-state index contributed by atoms with van der Waals surface area (Å²) in [6.45, 7) is 2.55. The number of carbonyl (C=O) groups excluding carboxylic acids is 2. The lowest BCUT2D eigenvalue weighted by Gasteiger charge is -2.17. The van der Waals surface area contributed by atoms with Crippen molar-refractivity contribution in [1.29, 1.82) is 0 Å². The number of hydrogen-bond donors (Lipinski definition) is 3. The third-order valence-electron chi connectivity index (χ3n) is 2.72. The van der Waals surface area contributed by atoms with Crippen LogP contribution in [0.2, 0.25) is 0 Å². The van der Waals surface area contributed by atoms with Crippen molar-refractivity contribution >= 4 is 17.5 Å². The summed E-state index contributed by atoms with van der Waals surface area (Å²) in [7, 11) is 1.56. The summed E-state index contributed by atoms with van der Waals surface area (Å²) in [5, 5.41) is 5.66. The van der Waals surface area contributed by atoms with Gasteiger partial charge in [0, 0.05) is 18.3 Å². The van der Waals surface area contributed by atoms with Gasteiger partial charge in [-0.3, -0.25) is 9.59 Å². The van der Waals surface area contributed by atoms with Crippen LogP contribution in [0.4, 0.5) is 5.69 Å². The molecule has 0 fully saturated rings. The van der Waals surface area contributed by atoms with Crippen LogP contribution in [0.25, 0.3) is 0 Å². The number of nitrogens with two attached hydrogens (primary N) is 1. The zero-order chi connectivity index (χ0) is 15.0. The second-order valence-electron chi connectivity index (χ2n) is 4.39. The largest absolute Gasteiger partial charge is 0.497 e. The van der Waals surface area contributed by atoms with E-state index in [4.69, 9.17) is 10.5 Å². The molecule has 0 saturated carbocycles. The summed E-state index contributed by atoms with van der Waals surface area (Å²) in [5.74, 6) is -0.112. The molecular formula is C14H21N3O3. The van der Waals surface area contributed by atoms with Crippen molar-refractivity contribution < 1.29 is 14.3 Å². The maximum atomic E-state index is 11.6. The Morgan fingerprint density at radius 1 is 1.40 bits per heavy atom. The number of amides is 2. The van der Waals surface area contributed by atoms with E-state index in [2.05, 4.69) is 10.6 Å². The van der Waals surface area contributed by atoms with Crippen molar-refractivity contribution in [3.8, 4) is 5.75 Å². The van der Waals surface area contributed by atoms with Gasteiger partial charge < -0.3 is 21.1 Å². The number of carbonyl (C=O) groups is 2. The third-order valence-corrected chi connectivity index (χ3v) is 2.72. The zero-order valence-electron chi connectivity index (χ0n) is 11.8. The van der Waals surface area contributed by atoms with Gasteiger partial charge >= 0.3 is 0 Å². The van der Waals surface area contributed by atoms with Crippen LogP contribution in [0, 0.1) is 0 Å². The molecule has 2 amide bonds. The number of methoxy groups -OCH3 is 1. The quantitative estimate of drug-likeness (QED) is 0.658. The Labute approximate surface area is 118 Å². The summed E-state index contributed by atoms with van der Waals surface area (Å²) < 4.78 is 5.10. The predicted octanol–water partition coefficient (Wildman–Crippen LogP) is 0.877. The summed E-state index contributed by atoms with van der Waals surface area (Å²) in [6.07, 6.45) is 0.850. The molecule has 1 atom stereocenters. The molecule has 0 saturated heterocycles. The molecule has 0 aromatic heterocycles. The smallest absolute Gasteiger partial charge is 0.240 e. The minimum Gasteiger partial charge on any atom is -0.497 e. The SMILES string of the molecule is CCCNC(=O)CC(Nc1cccc(OC)c1)C(N)=O. The number of nitrogens with one attached hydrogen (secondary N) is 2. The number of anilines is 1. The van der Waals surface area contributed by atoms with Gasteiger partial charge in [-0.2, -0.15) is 0 Å². The number of ether oxygens (including phenoxy) is 1. The highest BCUT2D eigenvalue weighted by molar-refractivity contribution is 5.89. The van der Waals surface area contributed by atoms with Crippen LogP contribution in [0.5, 0.6) is 5.75 Å². The van der Waals surface area contributed by atoms with Crippen molar-refractivity contribution in [2.75, 3.05) is 19.0 Å². The first kappa shape index (κ1) is 15.8. The van der Waals surface area contributed by atoms with Gasteiger partial charge in [0.25, 0.3) is 0 Å². The molecule has 6 heteroatoms. The van der Waals surface area contributed by atoms with E-state index in [0.29, 0.717) is 18.0 Å². The van der Waals surface area contributed by atoms with Gasteiger partial charge in [-0.15, -0.1) is 0 Å². The van der Waals surface area contributed by atoms with E-state index in [1.54, 1.807) is 31.4 Å². The molecule has 6 nitrogen and oxygen atoms in total. The van der Waals surface area contributed by atoms with Crippen LogP contribution in [0.15, 0.2) is 24.3 Å². The van der Waals surface area contributed by atoms with Gasteiger partial charge in [0.05, 0.1) is 13.5 Å². The van der Waals surface area contributed by atoms with Crippen molar-refractivity contribution in [3.05, 3.63) is 24.3 Å². The Morgan fingerprint density at radius 3 is 2.75 bits per heavy atom. The first-order valence-corrected chi connectivity index (χ1v) is 6.53. The van der Waals surface area contributed by atoms with Gasteiger partial charge in [-0.1, -0.05) is 13.0 Å². The van der Waals surface area contributed by atoms with E-state index in [0.717, 1.165) is 6.42 Å². The molecule has 1 aromatic carbocycles. The summed E-state index contributed by atoms with van der Waals surface area (Å²) in [5.41, 5.74) is 6.00. The minimum absolute atomic E-state index is 0.00649. The Balaban J connectivity index is 2.66. The Hall–Kier alpha value is -2.24. The van der Waals surface area contributed by atoms with Crippen LogP contribution in [-0.4, -0.2) is 31.5 Å². The van der Waals surface area contributed by atoms with E-state index < -0.39 is 11.9 Å². The number of rotatable bonds is 8. The fraction of sp³-hybridized carbons (Fsp3) is 0.429. The molecule has 1 unspecified atom stereocenters. The van der Waals surface area contributed by atoms with E-state index in [9.17, 15) is 9.59 Å². The average molecular weight is 279 g/mol. The molecule has 0 aliphatic rings.